The summed E-state index contributed by atoms with van der Waals surface area (Å²) >= 11 is 3.36. The minimum absolute atomic E-state index is 0.0271. The Morgan fingerprint density at radius 3 is 2.71 bits per heavy atom. The van der Waals surface area contributed by atoms with Crippen LogP contribution in [0.2, 0.25) is 0 Å². The van der Waals surface area contributed by atoms with E-state index >= 15 is 0 Å². The van der Waals surface area contributed by atoms with E-state index in [1.54, 1.807) is 19.2 Å². The summed E-state index contributed by atoms with van der Waals surface area (Å²) in [7, 11) is 4.34. The Morgan fingerprint density at radius 2 is 2.10 bits per heavy atom. The first-order valence-electron chi connectivity index (χ1n) is 6.01. The van der Waals surface area contributed by atoms with E-state index in [2.05, 4.69) is 25.7 Å². The average Bonchev–Trinajstić information content (AvgIpc) is 2.90. The van der Waals surface area contributed by atoms with Crippen molar-refractivity contribution in [2.45, 2.75) is 6.61 Å². The number of esters is 1. The summed E-state index contributed by atoms with van der Waals surface area (Å²) in [6.07, 6.45) is 0. The Labute approximate surface area is 130 Å². The topological polar surface area (TPSA) is 70.8 Å². The molecule has 6 nitrogen and oxygen atoms in total. The van der Waals surface area contributed by atoms with E-state index in [-0.39, 0.29) is 18.3 Å². The molecule has 2 aromatic rings. The van der Waals surface area contributed by atoms with Gasteiger partial charge in [-0.3, -0.25) is 0 Å². The predicted octanol–water partition coefficient (Wildman–Crippen LogP) is 3.05. The van der Waals surface area contributed by atoms with Crippen molar-refractivity contribution < 1.29 is 23.4 Å². The van der Waals surface area contributed by atoms with E-state index in [0.29, 0.717) is 17.0 Å². The minimum Gasteiger partial charge on any atom is -0.496 e. The van der Waals surface area contributed by atoms with Gasteiger partial charge in [0.1, 0.15) is 11.4 Å². The second kappa shape index (κ2) is 6.73. The van der Waals surface area contributed by atoms with Gasteiger partial charge in [0.15, 0.2) is 0 Å². The molecule has 0 saturated heterocycles. The van der Waals surface area contributed by atoms with Gasteiger partial charge in [-0.25, -0.2) is 9.78 Å². The number of carbonyl (C=O) groups is 1. The molecule has 0 amide bonds. The van der Waals surface area contributed by atoms with Crippen LogP contribution in [-0.2, 0) is 16.1 Å². The van der Waals surface area contributed by atoms with Crippen LogP contribution in [-0.4, -0.2) is 32.3 Å². The molecule has 0 fully saturated rings. The first-order valence-corrected chi connectivity index (χ1v) is 6.80. The minimum atomic E-state index is -0.600. The smallest absolute Gasteiger partial charge is 0.376 e. The molecular weight excluding hydrogens is 342 g/mol. The quantitative estimate of drug-likeness (QED) is 0.767. The number of aromatic nitrogens is 1. The normalized spacial score (nSPS) is 10.5. The van der Waals surface area contributed by atoms with Gasteiger partial charge in [0.25, 0.3) is 0 Å². The number of hydrogen-bond donors (Lipinski definition) is 0. The predicted molar refractivity (Wildman–Crippen MR) is 78.2 cm³/mol. The van der Waals surface area contributed by atoms with Crippen molar-refractivity contribution in [2.75, 3.05) is 21.3 Å². The average molecular weight is 356 g/mol. The second-order valence-corrected chi connectivity index (χ2v) is 4.98. The van der Waals surface area contributed by atoms with E-state index in [1.165, 1.54) is 14.2 Å². The van der Waals surface area contributed by atoms with Crippen LogP contribution >= 0.6 is 15.9 Å². The van der Waals surface area contributed by atoms with Crippen molar-refractivity contribution in [3.05, 3.63) is 34.1 Å². The third kappa shape index (κ3) is 3.25. The Kier molecular flexibility index (Phi) is 4.98. The molecule has 0 aliphatic carbocycles. The van der Waals surface area contributed by atoms with Crippen molar-refractivity contribution in [3.63, 3.8) is 0 Å². The number of carbonyl (C=O) groups excluding carboxylic acids is 1. The van der Waals surface area contributed by atoms with E-state index in [0.717, 1.165) is 4.47 Å². The van der Waals surface area contributed by atoms with Crippen LogP contribution in [0.1, 0.15) is 16.2 Å². The van der Waals surface area contributed by atoms with Crippen molar-refractivity contribution in [1.29, 1.82) is 0 Å². The molecular formula is C14H14BrNO5. The van der Waals surface area contributed by atoms with Gasteiger partial charge < -0.3 is 18.6 Å². The lowest BCUT2D eigenvalue weighted by atomic mass is 10.2. The number of halogens is 1. The van der Waals surface area contributed by atoms with Crippen LogP contribution in [0.4, 0.5) is 0 Å². The van der Waals surface area contributed by atoms with Gasteiger partial charge in [-0.15, -0.1) is 0 Å². The summed E-state index contributed by atoms with van der Waals surface area (Å²) in [5.41, 5.74) is 1.01. The van der Waals surface area contributed by atoms with Crippen LogP contribution < -0.4 is 4.74 Å². The van der Waals surface area contributed by atoms with Gasteiger partial charge in [-0.2, -0.15) is 0 Å². The molecule has 7 heteroatoms. The molecule has 2 rings (SSSR count). The molecule has 0 radical (unpaired) electrons. The number of methoxy groups -OCH3 is 3. The van der Waals surface area contributed by atoms with Gasteiger partial charge in [-0.05, 0) is 18.2 Å². The molecule has 21 heavy (non-hydrogen) atoms. The fourth-order valence-electron chi connectivity index (χ4n) is 1.80. The third-order valence-corrected chi connectivity index (χ3v) is 3.24. The molecule has 112 valence electrons. The Balaban J connectivity index is 2.52. The highest BCUT2D eigenvalue weighted by molar-refractivity contribution is 9.10. The van der Waals surface area contributed by atoms with Gasteiger partial charge in [-0.1, -0.05) is 15.9 Å². The van der Waals surface area contributed by atoms with Gasteiger partial charge in [0, 0.05) is 11.6 Å². The molecule has 0 unspecified atom stereocenters. The van der Waals surface area contributed by atoms with Crippen LogP contribution in [0.5, 0.6) is 5.75 Å². The zero-order valence-electron chi connectivity index (χ0n) is 11.8. The number of rotatable bonds is 5. The number of oxazole rings is 1. The van der Waals surface area contributed by atoms with Crippen molar-refractivity contribution >= 4 is 21.9 Å². The molecule has 1 heterocycles. The van der Waals surface area contributed by atoms with Gasteiger partial charge >= 0.3 is 5.97 Å². The van der Waals surface area contributed by atoms with Crippen LogP contribution in [0.15, 0.2) is 27.1 Å². The lowest BCUT2D eigenvalue weighted by Gasteiger charge is -2.05. The summed E-state index contributed by atoms with van der Waals surface area (Å²) in [4.78, 5) is 16.0. The molecule has 0 aliphatic rings. The fraction of sp³-hybridized carbons (Fsp3) is 0.286. The van der Waals surface area contributed by atoms with Crippen LogP contribution in [0.25, 0.3) is 11.5 Å². The van der Waals surface area contributed by atoms with Crippen molar-refractivity contribution in [1.82, 2.24) is 4.98 Å². The monoisotopic (exact) mass is 355 g/mol. The number of nitrogens with zero attached hydrogens (tertiary/aromatic N) is 1. The molecule has 0 spiro atoms. The summed E-state index contributed by atoms with van der Waals surface area (Å²) in [5.74, 6) is 0.272. The number of ether oxygens (including phenoxy) is 3. The van der Waals surface area contributed by atoms with Crippen LogP contribution in [0, 0.1) is 0 Å². The molecule has 0 atom stereocenters. The molecule has 1 aromatic carbocycles. The van der Waals surface area contributed by atoms with E-state index in [9.17, 15) is 4.79 Å². The van der Waals surface area contributed by atoms with Crippen molar-refractivity contribution in [3.8, 4) is 17.2 Å². The summed E-state index contributed by atoms with van der Waals surface area (Å²) < 4.78 is 21.4. The van der Waals surface area contributed by atoms with E-state index in [1.807, 2.05) is 6.07 Å². The molecule has 0 aliphatic heterocycles. The standard InChI is InChI=1S/C14H14BrNO5/c1-18-7-10-12(14(17)20-3)21-13(16-10)9-5-4-8(15)6-11(9)19-2/h4-6H,7H2,1-3H3. The zero-order valence-corrected chi connectivity index (χ0v) is 13.4. The Bertz CT molecular complexity index is 653. The highest BCUT2D eigenvalue weighted by atomic mass is 79.9. The van der Waals surface area contributed by atoms with Crippen LogP contribution in [0.3, 0.4) is 0 Å². The summed E-state index contributed by atoms with van der Waals surface area (Å²) in [6.45, 7) is 0.146. The number of benzene rings is 1. The highest BCUT2D eigenvalue weighted by Crippen LogP contribution is 2.33. The maximum absolute atomic E-state index is 11.7. The third-order valence-electron chi connectivity index (χ3n) is 2.74. The first-order chi connectivity index (χ1) is 10.1. The first kappa shape index (κ1) is 15.5. The fourth-order valence-corrected chi connectivity index (χ4v) is 2.14. The molecule has 0 bridgehead atoms. The van der Waals surface area contributed by atoms with Gasteiger partial charge in [0.05, 0.1) is 26.4 Å². The second-order valence-electron chi connectivity index (χ2n) is 4.06. The molecule has 0 saturated carbocycles. The number of hydrogen-bond acceptors (Lipinski definition) is 6. The Hall–Kier alpha value is -1.86. The Morgan fingerprint density at radius 1 is 1.33 bits per heavy atom. The van der Waals surface area contributed by atoms with E-state index in [4.69, 9.17) is 13.9 Å². The SMILES string of the molecule is COCc1nc(-c2ccc(Br)cc2OC)oc1C(=O)OC. The van der Waals surface area contributed by atoms with Gasteiger partial charge in [0.2, 0.25) is 11.7 Å². The van der Waals surface area contributed by atoms with E-state index < -0.39 is 5.97 Å². The lowest BCUT2D eigenvalue weighted by Crippen LogP contribution is -2.04. The summed E-state index contributed by atoms with van der Waals surface area (Å²) in [5, 5.41) is 0. The molecule has 1 aromatic heterocycles. The highest BCUT2D eigenvalue weighted by Gasteiger charge is 2.23. The molecule has 0 N–H and O–H groups in total. The zero-order chi connectivity index (χ0) is 15.4. The maximum Gasteiger partial charge on any atom is 0.376 e. The largest absolute Gasteiger partial charge is 0.496 e. The lowest BCUT2D eigenvalue weighted by molar-refractivity contribution is 0.0559. The maximum atomic E-state index is 11.7. The van der Waals surface area contributed by atoms with Crippen molar-refractivity contribution in [2.24, 2.45) is 0 Å². The summed E-state index contributed by atoms with van der Waals surface area (Å²) in [6, 6.07) is 5.40.